The summed E-state index contributed by atoms with van der Waals surface area (Å²) in [5.41, 5.74) is 0.599. The number of ether oxygens (including phenoxy) is 1. The molecular formula is C10H15N3O5S. The summed E-state index contributed by atoms with van der Waals surface area (Å²) in [6.07, 6.45) is 1.05. The van der Waals surface area contributed by atoms with Gasteiger partial charge in [0.05, 0.1) is 30.6 Å². The quantitative estimate of drug-likeness (QED) is 0.561. The van der Waals surface area contributed by atoms with E-state index in [1.54, 1.807) is 0 Å². The van der Waals surface area contributed by atoms with Gasteiger partial charge in [-0.25, -0.2) is 0 Å². The minimum Gasteiger partial charge on any atom is -0.481 e. The van der Waals surface area contributed by atoms with Crippen LogP contribution >= 0.6 is 0 Å². The average Bonchev–Trinajstić information content (AvgIpc) is 2.31. The number of aliphatic carboxylic acids is 1. The Kier molecular flexibility index (Phi) is 5.67. The van der Waals surface area contributed by atoms with Crippen LogP contribution in [0, 0.1) is 0 Å². The number of anilines is 1. The van der Waals surface area contributed by atoms with Crippen molar-refractivity contribution in [1.29, 1.82) is 0 Å². The number of hydrogen-bond acceptors (Lipinski definition) is 5. The molecule has 0 radical (unpaired) electrons. The van der Waals surface area contributed by atoms with Gasteiger partial charge in [-0.1, -0.05) is 0 Å². The van der Waals surface area contributed by atoms with Gasteiger partial charge in [-0.05, 0) is 12.1 Å². The normalized spacial score (nSPS) is 11.2. The van der Waals surface area contributed by atoms with Gasteiger partial charge in [0.15, 0.2) is 0 Å². The molecule has 0 unspecified atom stereocenters. The van der Waals surface area contributed by atoms with E-state index in [0.717, 1.165) is 0 Å². The first kappa shape index (κ1) is 15.3. The Hall–Kier alpha value is -1.71. The summed E-state index contributed by atoms with van der Waals surface area (Å²) >= 11 is 0. The number of pyridine rings is 1. The molecule has 0 aliphatic rings. The van der Waals surface area contributed by atoms with Crippen LogP contribution in [-0.4, -0.2) is 44.7 Å². The molecule has 0 aliphatic heterocycles. The first-order valence-corrected chi connectivity index (χ1v) is 6.84. The lowest BCUT2D eigenvalue weighted by molar-refractivity contribution is -0.136. The lowest BCUT2D eigenvalue weighted by atomic mass is 10.3. The summed E-state index contributed by atoms with van der Waals surface area (Å²) in [6.45, 7) is 0.410. The standard InChI is InChI=1S/C10H15N3O5S/c1-18-5-4-12-19(16,17)13-9-3-2-8(11-7-9)6-10(14)15/h2-3,7,12-13H,4-6H2,1H3,(H,14,15). The number of hydrogen-bond donors (Lipinski definition) is 3. The van der Waals surface area contributed by atoms with E-state index in [9.17, 15) is 13.2 Å². The second-order valence-electron chi connectivity index (χ2n) is 3.60. The first-order valence-electron chi connectivity index (χ1n) is 5.36. The van der Waals surface area contributed by atoms with E-state index in [1.807, 2.05) is 0 Å². The van der Waals surface area contributed by atoms with E-state index in [1.165, 1.54) is 25.4 Å². The van der Waals surface area contributed by atoms with E-state index in [4.69, 9.17) is 9.84 Å². The van der Waals surface area contributed by atoms with Crippen molar-refractivity contribution in [2.45, 2.75) is 6.42 Å². The summed E-state index contributed by atoms with van der Waals surface area (Å²) in [6, 6.07) is 2.89. The fourth-order valence-corrected chi connectivity index (χ4v) is 2.07. The Morgan fingerprint density at radius 1 is 1.47 bits per heavy atom. The smallest absolute Gasteiger partial charge is 0.309 e. The van der Waals surface area contributed by atoms with Crippen LogP contribution < -0.4 is 9.44 Å². The van der Waals surface area contributed by atoms with Gasteiger partial charge in [0.1, 0.15) is 0 Å². The predicted octanol–water partition coefficient (Wildman–Crippen LogP) is -0.399. The van der Waals surface area contributed by atoms with Crippen LogP contribution in [0.3, 0.4) is 0 Å². The summed E-state index contributed by atoms with van der Waals surface area (Å²) in [4.78, 5) is 14.3. The van der Waals surface area contributed by atoms with Gasteiger partial charge in [0.2, 0.25) is 0 Å². The zero-order valence-electron chi connectivity index (χ0n) is 10.3. The minimum atomic E-state index is -3.68. The molecule has 106 valence electrons. The Morgan fingerprint density at radius 3 is 2.74 bits per heavy atom. The second kappa shape index (κ2) is 7.02. The van der Waals surface area contributed by atoms with Gasteiger partial charge in [-0.3, -0.25) is 14.5 Å². The SMILES string of the molecule is COCCNS(=O)(=O)Nc1ccc(CC(=O)O)nc1. The maximum Gasteiger partial charge on any atom is 0.309 e. The molecule has 0 saturated heterocycles. The Balaban J connectivity index is 2.59. The third-order valence-corrected chi connectivity index (χ3v) is 3.10. The molecule has 0 aliphatic carbocycles. The van der Waals surface area contributed by atoms with Crippen LogP contribution in [0.15, 0.2) is 18.3 Å². The molecule has 3 N–H and O–H groups in total. The van der Waals surface area contributed by atoms with Gasteiger partial charge in [-0.15, -0.1) is 0 Å². The van der Waals surface area contributed by atoms with Crippen LogP contribution in [0.2, 0.25) is 0 Å². The third-order valence-electron chi connectivity index (χ3n) is 2.01. The highest BCUT2D eigenvalue weighted by atomic mass is 32.2. The topological polar surface area (TPSA) is 118 Å². The molecule has 0 aromatic carbocycles. The summed E-state index contributed by atoms with van der Waals surface area (Å²) in [5.74, 6) is -0.998. The highest BCUT2D eigenvalue weighted by Gasteiger charge is 2.09. The highest BCUT2D eigenvalue weighted by Crippen LogP contribution is 2.08. The van der Waals surface area contributed by atoms with Crippen molar-refractivity contribution in [3.05, 3.63) is 24.0 Å². The van der Waals surface area contributed by atoms with Crippen molar-refractivity contribution < 1.29 is 23.1 Å². The van der Waals surface area contributed by atoms with E-state index in [2.05, 4.69) is 14.4 Å². The van der Waals surface area contributed by atoms with Crippen LogP contribution in [-0.2, 0) is 26.2 Å². The zero-order valence-corrected chi connectivity index (χ0v) is 11.1. The molecular weight excluding hydrogens is 274 g/mol. The number of carboxylic acid groups (broad SMARTS) is 1. The molecule has 1 aromatic heterocycles. The van der Waals surface area contributed by atoms with E-state index >= 15 is 0 Å². The van der Waals surface area contributed by atoms with Crippen molar-refractivity contribution in [1.82, 2.24) is 9.71 Å². The van der Waals surface area contributed by atoms with Gasteiger partial charge in [-0.2, -0.15) is 13.1 Å². The summed E-state index contributed by atoms with van der Waals surface area (Å²) < 4.78 is 32.3. The van der Waals surface area contributed by atoms with Crippen molar-refractivity contribution >= 4 is 21.9 Å². The van der Waals surface area contributed by atoms with Crippen molar-refractivity contribution in [2.24, 2.45) is 0 Å². The van der Waals surface area contributed by atoms with E-state index in [-0.39, 0.29) is 25.3 Å². The fourth-order valence-electron chi connectivity index (χ4n) is 1.21. The molecule has 0 amide bonds. The van der Waals surface area contributed by atoms with Crippen LogP contribution in [0.25, 0.3) is 0 Å². The molecule has 1 heterocycles. The fraction of sp³-hybridized carbons (Fsp3) is 0.400. The zero-order chi connectivity index (χ0) is 14.3. The van der Waals surface area contributed by atoms with Gasteiger partial charge in [0, 0.05) is 13.7 Å². The number of nitrogens with zero attached hydrogens (tertiary/aromatic N) is 1. The minimum absolute atomic E-state index is 0.149. The monoisotopic (exact) mass is 289 g/mol. The number of aromatic nitrogens is 1. The molecule has 8 nitrogen and oxygen atoms in total. The molecule has 0 atom stereocenters. The number of nitrogens with one attached hydrogen (secondary N) is 2. The van der Waals surface area contributed by atoms with Crippen molar-refractivity contribution in [2.75, 3.05) is 25.0 Å². The molecule has 19 heavy (non-hydrogen) atoms. The number of rotatable bonds is 8. The number of carboxylic acids is 1. The van der Waals surface area contributed by atoms with Gasteiger partial charge >= 0.3 is 5.97 Å². The van der Waals surface area contributed by atoms with E-state index < -0.39 is 16.2 Å². The summed E-state index contributed by atoms with van der Waals surface area (Å²) in [7, 11) is -2.21. The maximum absolute atomic E-state index is 11.5. The van der Waals surface area contributed by atoms with Crippen LogP contribution in [0.4, 0.5) is 5.69 Å². The molecule has 9 heteroatoms. The van der Waals surface area contributed by atoms with Crippen LogP contribution in [0.5, 0.6) is 0 Å². The Morgan fingerprint density at radius 2 is 2.21 bits per heavy atom. The third kappa shape index (κ3) is 6.13. The van der Waals surface area contributed by atoms with Crippen molar-refractivity contribution in [3.63, 3.8) is 0 Å². The second-order valence-corrected chi connectivity index (χ2v) is 5.10. The van der Waals surface area contributed by atoms with Gasteiger partial charge in [0.25, 0.3) is 10.2 Å². The van der Waals surface area contributed by atoms with E-state index in [0.29, 0.717) is 5.69 Å². The molecule has 0 spiro atoms. The van der Waals surface area contributed by atoms with Crippen molar-refractivity contribution in [3.8, 4) is 0 Å². The van der Waals surface area contributed by atoms with Gasteiger partial charge < -0.3 is 9.84 Å². The Labute approximate surface area is 111 Å². The number of methoxy groups -OCH3 is 1. The Bertz CT molecular complexity index is 514. The lowest BCUT2D eigenvalue weighted by Crippen LogP contribution is -2.32. The molecule has 0 fully saturated rings. The maximum atomic E-state index is 11.5. The molecule has 0 saturated carbocycles. The highest BCUT2D eigenvalue weighted by molar-refractivity contribution is 7.90. The largest absolute Gasteiger partial charge is 0.481 e. The van der Waals surface area contributed by atoms with Crippen LogP contribution in [0.1, 0.15) is 5.69 Å². The first-order chi connectivity index (χ1) is 8.93. The number of carbonyl (C=O) groups is 1. The summed E-state index contributed by atoms with van der Waals surface area (Å²) in [5, 5.41) is 8.57. The lowest BCUT2D eigenvalue weighted by Gasteiger charge is -2.08. The molecule has 1 rings (SSSR count). The predicted molar refractivity (Wildman–Crippen MR) is 68.0 cm³/mol. The molecule has 1 aromatic rings. The average molecular weight is 289 g/mol. The molecule has 0 bridgehead atoms.